The summed E-state index contributed by atoms with van der Waals surface area (Å²) < 4.78 is 5.70. The minimum Gasteiger partial charge on any atom is -0.493 e. The van der Waals surface area contributed by atoms with Crippen molar-refractivity contribution in [2.24, 2.45) is 5.92 Å². The van der Waals surface area contributed by atoms with E-state index < -0.39 is 0 Å². The van der Waals surface area contributed by atoms with E-state index in [-0.39, 0.29) is 0 Å². The lowest BCUT2D eigenvalue weighted by molar-refractivity contribution is 0.317. The van der Waals surface area contributed by atoms with E-state index in [1.807, 2.05) is 6.07 Å². The molecular weight excluding hydrogens is 236 g/mol. The largest absolute Gasteiger partial charge is 0.493 e. The van der Waals surface area contributed by atoms with Crippen molar-refractivity contribution in [3.63, 3.8) is 0 Å². The molecule has 1 fully saturated rings. The minimum absolute atomic E-state index is 0.751. The van der Waals surface area contributed by atoms with Crippen molar-refractivity contribution in [3.8, 4) is 5.75 Å². The maximum atomic E-state index is 5.99. The lowest BCUT2D eigenvalue weighted by atomic mass is 10.0. The van der Waals surface area contributed by atoms with Gasteiger partial charge in [0.2, 0.25) is 0 Å². The van der Waals surface area contributed by atoms with Crippen LogP contribution in [0.3, 0.4) is 0 Å². The van der Waals surface area contributed by atoms with Gasteiger partial charge in [0.15, 0.2) is 0 Å². The van der Waals surface area contributed by atoms with Crippen LogP contribution < -0.4 is 15.4 Å². The Morgan fingerprint density at radius 2 is 2.11 bits per heavy atom. The molecule has 1 aromatic rings. The van der Waals surface area contributed by atoms with Gasteiger partial charge >= 0.3 is 0 Å². The summed E-state index contributed by atoms with van der Waals surface area (Å²) in [5, 5.41) is 0. The molecule has 1 atom stereocenters. The predicted molar refractivity (Wildman–Crippen MR) is 81.9 cm³/mol. The Morgan fingerprint density at radius 3 is 2.84 bits per heavy atom. The highest BCUT2D eigenvalue weighted by Gasteiger charge is 2.22. The molecule has 1 aliphatic rings. The molecule has 1 unspecified atom stereocenters. The third-order valence-electron chi connectivity index (χ3n) is 3.73. The fourth-order valence-electron chi connectivity index (χ4n) is 2.80. The Kier molecular flexibility index (Phi) is 4.94. The molecule has 19 heavy (non-hydrogen) atoms. The molecule has 1 saturated heterocycles. The molecule has 0 amide bonds. The van der Waals surface area contributed by atoms with E-state index in [0.717, 1.165) is 43.5 Å². The lowest BCUT2D eigenvalue weighted by Gasteiger charge is -2.20. The summed E-state index contributed by atoms with van der Waals surface area (Å²) >= 11 is 0. The molecule has 106 valence electrons. The van der Waals surface area contributed by atoms with Gasteiger partial charge in [-0.05, 0) is 31.2 Å². The number of anilines is 2. The summed E-state index contributed by atoms with van der Waals surface area (Å²) in [4.78, 5) is 2.44. The first-order chi connectivity index (χ1) is 9.22. The number of hydrogen-bond acceptors (Lipinski definition) is 3. The first-order valence-electron chi connectivity index (χ1n) is 7.51. The fourth-order valence-corrected chi connectivity index (χ4v) is 2.80. The zero-order valence-corrected chi connectivity index (χ0v) is 12.2. The molecule has 0 aliphatic carbocycles. The van der Waals surface area contributed by atoms with E-state index in [2.05, 4.69) is 30.9 Å². The van der Waals surface area contributed by atoms with E-state index in [4.69, 9.17) is 10.5 Å². The molecule has 1 aromatic carbocycles. The molecule has 2 rings (SSSR count). The molecule has 1 aliphatic heterocycles. The van der Waals surface area contributed by atoms with Crippen LogP contribution in [0.25, 0.3) is 0 Å². The van der Waals surface area contributed by atoms with Crippen molar-refractivity contribution in [2.45, 2.75) is 39.5 Å². The van der Waals surface area contributed by atoms with Gasteiger partial charge in [-0.3, -0.25) is 0 Å². The Bertz CT molecular complexity index is 406. The second kappa shape index (κ2) is 6.69. The summed E-state index contributed by atoms with van der Waals surface area (Å²) in [6, 6.07) is 6.10. The quantitative estimate of drug-likeness (QED) is 0.795. The van der Waals surface area contributed by atoms with E-state index in [1.54, 1.807) is 0 Å². The summed E-state index contributed by atoms with van der Waals surface area (Å²) in [7, 11) is 0. The van der Waals surface area contributed by atoms with Gasteiger partial charge in [0, 0.05) is 36.6 Å². The van der Waals surface area contributed by atoms with Gasteiger partial charge in [-0.15, -0.1) is 0 Å². The topological polar surface area (TPSA) is 38.5 Å². The van der Waals surface area contributed by atoms with E-state index >= 15 is 0 Å². The Labute approximate surface area is 116 Å². The Hall–Kier alpha value is -1.38. The number of ether oxygens (including phenoxy) is 1. The van der Waals surface area contributed by atoms with Crippen LogP contribution in [-0.4, -0.2) is 19.7 Å². The lowest BCUT2D eigenvalue weighted by Crippen LogP contribution is -2.19. The van der Waals surface area contributed by atoms with Gasteiger partial charge in [0.1, 0.15) is 5.75 Å². The van der Waals surface area contributed by atoms with Gasteiger partial charge in [-0.1, -0.05) is 20.3 Å². The molecule has 3 nitrogen and oxygen atoms in total. The van der Waals surface area contributed by atoms with Crippen LogP contribution in [0.1, 0.15) is 39.5 Å². The first-order valence-corrected chi connectivity index (χ1v) is 7.51. The third-order valence-corrected chi connectivity index (χ3v) is 3.73. The van der Waals surface area contributed by atoms with E-state index in [1.165, 1.54) is 24.9 Å². The molecule has 0 bridgehead atoms. The van der Waals surface area contributed by atoms with Crippen molar-refractivity contribution in [1.82, 2.24) is 0 Å². The molecule has 0 saturated carbocycles. The summed E-state index contributed by atoms with van der Waals surface area (Å²) in [6.07, 6.45) is 4.93. The van der Waals surface area contributed by atoms with Gasteiger partial charge in [-0.2, -0.15) is 0 Å². The second-order valence-electron chi connectivity index (χ2n) is 5.50. The average molecular weight is 262 g/mol. The van der Waals surface area contributed by atoms with Crippen LogP contribution >= 0.6 is 0 Å². The van der Waals surface area contributed by atoms with Crippen molar-refractivity contribution < 1.29 is 4.74 Å². The zero-order valence-electron chi connectivity index (χ0n) is 12.2. The highest BCUT2D eigenvalue weighted by atomic mass is 16.5. The molecular formula is C16H26N2O. The van der Waals surface area contributed by atoms with Gasteiger partial charge < -0.3 is 15.4 Å². The number of benzene rings is 1. The zero-order chi connectivity index (χ0) is 13.7. The van der Waals surface area contributed by atoms with Crippen molar-refractivity contribution in [1.29, 1.82) is 0 Å². The number of rotatable bonds is 6. The number of nitrogen functional groups attached to an aromatic ring is 1. The molecule has 0 aromatic heterocycles. The standard InChI is InChI=1S/C16H26N2O/c1-3-5-13-6-7-18(12-13)15-9-14(17)10-16(11-15)19-8-4-2/h9-11,13H,3-8,12,17H2,1-2H3. The van der Waals surface area contributed by atoms with Crippen LogP contribution in [0.5, 0.6) is 5.75 Å². The van der Waals surface area contributed by atoms with E-state index in [9.17, 15) is 0 Å². The summed E-state index contributed by atoms with van der Waals surface area (Å²) in [6.45, 7) is 7.43. The third kappa shape index (κ3) is 3.79. The highest BCUT2D eigenvalue weighted by molar-refractivity contribution is 5.61. The maximum Gasteiger partial charge on any atom is 0.123 e. The van der Waals surface area contributed by atoms with Crippen molar-refractivity contribution in [2.75, 3.05) is 30.3 Å². The number of hydrogen-bond donors (Lipinski definition) is 1. The maximum absolute atomic E-state index is 5.99. The highest BCUT2D eigenvalue weighted by Crippen LogP contribution is 2.31. The minimum atomic E-state index is 0.751. The van der Waals surface area contributed by atoms with Crippen LogP contribution in [0, 0.1) is 5.92 Å². The predicted octanol–water partition coefficient (Wildman–Crippen LogP) is 3.68. The second-order valence-corrected chi connectivity index (χ2v) is 5.50. The number of nitrogens with two attached hydrogens (primary N) is 1. The first kappa shape index (κ1) is 14.0. The average Bonchev–Trinajstić information content (AvgIpc) is 2.85. The van der Waals surface area contributed by atoms with Crippen LogP contribution in [0.15, 0.2) is 18.2 Å². The SMILES string of the molecule is CCCOc1cc(N)cc(N2CCC(CCC)C2)c1. The molecule has 3 heteroatoms. The monoisotopic (exact) mass is 262 g/mol. The Balaban J connectivity index is 2.05. The van der Waals surface area contributed by atoms with Gasteiger partial charge in [-0.25, -0.2) is 0 Å². The van der Waals surface area contributed by atoms with Crippen LogP contribution in [0.4, 0.5) is 11.4 Å². The number of nitrogens with zero attached hydrogens (tertiary/aromatic N) is 1. The molecule has 1 heterocycles. The van der Waals surface area contributed by atoms with Crippen molar-refractivity contribution >= 4 is 11.4 Å². The van der Waals surface area contributed by atoms with Crippen molar-refractivity contribution in [3.05, 3.63) is 18.2 Å². The van der Waals surface area contributed by atoms with E-state index in [0.29, 0.717) is 0 Å². The Morgan fingerprint density at radius 1 is 1.26 bits per heavy atom. The summed E-state index contributed by atoms with van der Waals surface area (Å²) in [5.74, 6) is 1.74. The molecule has 2 N–H and O–H groups in total. The fraction of sp³-hybridized carbons (Fsp3) is 0.625. The van der Waals surface area contributed by atoms with Crippen LogP contribution in [0.2, 0.25) is 0 Å². The van der Waals surface area contributed by atoms with Gasteiger partial charge in [0.25, 0.3) is 0 Å². The summed E-state index contributed by atoms with van der Waals surface area (Å²) in [5.41, 5.74) is 7.99. The normalized spacial score (nSPS) is 18.8. The smallest absolute Gasteiger partial charge is 0.123 e. The van der Waals surface area contributed by atoms with Gasteiger partial charge in [0.05, 0.1) is 6.61 Å². The molecule has 0 spiro atoms. The van der Waals surface area contributed by atoms with Crippen LogP contribution in [-0.2, 0) is 0 Å². The molecule has 0 radical (unpaired) electrons.